The first-order valence-corrected chi connectivity index (χ1v) is 13.6. The molecule has 0 bridgehead atoms. The number of amides is 2. The van der Waals surface area contributed by atoms with E-state index in [9.17, 15) is 19.5 Å². The summed E-state index contributed by atoms with van der Waals surface area (Å²) in [5.74, 6) is -0.392. The van der Waals surface area contributed by atoms with Crippen LogP contribution in [0.15, 0.2) is 60.4 Å². The zero-order valence-electron chi connectivity index (χ0n) is 22.5. The number of aldehydes is 1. The number of likely N-dealkylation sites (tertiary alicyclic amines) is 1. The van der Waals surface area contributed by atoms with Crippen molar-refractivity contribution in [3.8, 4) is 0 Å². The normalized spacial score (nSPS) is 17.9. The topological polar surface area (TPSA) is 145 Å². The van der Waals surface area contributed by atoms with Gasteiger partial charge in [-0.2, -0.15) is 0 Å². The molecule has 3 heterocycles. The van der Waals surface area contributed by atoms with Crippen LogP contribution in [0, 0.1) is 0 Å². The number of aromatic amines is 1. The zero-order valence-corrected chi connectivity index (χ0v) is 22.5. The van der Waals surface area contributed by atoms with E-state index in [-0.39, 0.29) is 23.2 Å². The number of nitrogens with two attached hydrogens (primary N) is 1. The van der Waals surface area contributed by atoms with E-state index in [0.717, 1.165) is 31.6 Å². The first-order valence-electron chi connectivity index (χ1n) is 13.6. The predicted molar refractivity (Wildman–Crippen MR) is 152 cm³/mol. The quantitative estimate of drug-likeness (QED) is 0.125. The van der Waals surface area contributed by atoms with Crippen LogP contribution >= 0.6 is 0 Å². The van der Waals surface area contributed by atoms with Crippen LogP contribution in [0.25, 0.3) is 16.6 Å². The Kier molecular flexibility index (Phi) is 8.09. The first kappa shape index (κ1) is 27.3. The Balaban J connectivity index is 1.38. The highest BCUT2D eigenvalue weighted by molar-refractivity contribution is 6.23. The SMILES string of the molecule is C[C@H](NC(/C=C\N)=C(/C=O)c1nc2cc3c(cc2[nH]1)C(=O)N(CCCN1CCCC1)C3=O)[C@H](O)c1ccccc1. The summed E-state index contributed by atoms with van der Waals surface area (Å²) in [6.45, 7) is 5.18. The number of rotatable bonds is 11. The van der Waals surface area contributed by atoms with Crippen molar-refractivity contribution in [1.29, 1.82) is 0 Å². The second-order valence-electron chi connectivity index (χ2n) is 10.3. The van der Waals surface area contributed by atoms with Crippen LogP contribution in [0.3, 0.4) is 0 Å². The molecular weight excluding hydrogens is 508 g/mol. The van der Waals surface area contributed by atoms with E-state index in [1.54, 1.807) is 19.1 Å². The van der Waals surface area contributed by atoms with Gasteiger partial charge in [-0.1, -0.05) is 30.3 Å². The standard InChI is InChI=1S/C30H34N6O4/c1-19(27(38)20-8-3-2-4-9-20)32-24(10-11-31)23(18-37)28-33-25-16-21-22(17-26(25)34-28)30(40)36(29(21)39)15-7-14-35-12-5-6-13-35/h2-4,8-11,16-19,27,32,38H,5-7,12-15,31H2,1H3,(H,33,34)/b11-10-,24-23-/t19-,27-/m0/s1. The summed E-state index contributed by atoms with van der Waals surface area (Å²) < 4.78 is 0. The van der Waals surface area contributed by atoms with Crippen LogP contribution in [0.5, 0.6) is 0 Å². The molecule has 1 fully saturated rings. The molecule has 5 rings (SSSR count). The van der Waals surface area contributed by atoms with Gasteiger partial charge in [0.1, 0.15) is 5.82 Å². The zero-order chi connectivity index (χ0) is 28.2. The number of aliphatic hydroxyl groups excluding tert-OH is 1. The number of imidazole rings is 1. The lowest BCUT2D eigenvalue weighted by Crippen LogP contribution is -2.33. The fraction of sp³-hybridized carbons (Fsp3) is 0.333. The lowest BCUT2D eigenvalue weighted by atomic mass is 10.0. The number of benzene rings is 2. The third-order valence-electron chi connectivity index (χ3n) is 7.55. The maximum absolute atomic E-state index is 13.1. The molecule has 1 aromatic heterocycles. The average molecular weight is 543 g/mol. The molecular formula is C30H34N6O4. The van der Waals surface area contributed by atoms with Crippen LogP contribution < -0.4 is 11.1 Å². The molecule has 2 amide bonds. The van der Waals surface area contributed by atoms with Crippen molar-refractivity contribution in [3.05, 3.63) is 83.0 Å². The highest BCUT2D eigenvalue weighted by atomic mass is 16.3. The second-order valence-corrected chi connectivity index (χ2v) is 10.3. The number of carbonyl (C=O) groups excluding carboxylic acids is 3. The monoisotopic (exact) mass is 542 g/mol. The van der Waals surface area contributed by atoms with E-state index in [4.69, 9.17) is 5.73 Å². The summed E-state index contributed by atoms with van der Waals surface area (Å²) in [4.78, 5) is 49.8. The molecule has 0 unspecified atom stereocenters. The molecule has 2 aliphatic heterocycles. The molecule has 10 nitrogen and oxygen atoms in total. The van der Waals surface area contributed by atoms with Crippen LogP contribution in [0.4, 0.5) is 0 Å². The average Bonchev–Trinajstić information content (AvgIpc) is 3.68. The van der Waals surface area contributed by atoms with E-state index >= 15 is 0 Å². The van der Waals surface area contributed by atoms with Crippen molar-refractivity contribution in [1.82, 2.24) is 25.1 Å². The van der Waals surface area contributed by atoms with Crippen molar-refractivity contribution < 1.29 is 19.5 Å². The Morgan fingerprint density at radius 1 is 1.12 bits per heavy atom. The molecule has 0 spiro atoms. The molecule has 0 radical (unpaired) electrons. The minimum absolute atomic E-state index is 0.186. The van der Waals surface area contributed by atoms with Gasteiger partial charge in [0.25, 0.3) is 11.8 Å². The minimum Gasteiger partial charge on any atom is -0.405 e. The summed E-state index contributed by atoms with van der Waals surface area (Å²) in [6, 6.07) is 11.9. The maximum Gasteiger partial charge on any atom is 0.261 e. The van der Waals surface area contributed by atoms with Gasteiger partial charge < -0.3 is 26.0 Å². The Bertz CT molecular complexity index is 1420. The molecule has 0 saturated carbocycles. The number of imide groups is 1. The van der Waals surface area contributed by atoms with Crippen molar-refractivity contribution in [2.75, 3.05) is 26.2 Å². The van der Waals surface area contributed by atoms with Gasteiger partial charge >= 0.3 is 0 Å². The second kappa shape index (κ2) is 11.8. The highest BCUT2D eigenvalue weighted by Gasteiger charge is 2.36. The molecule has 2 aliphatic rings. The van der Waals surface area contributed by atoms with Gasteiger partial charge in [-0.15, -0.1) is 0 Å². The number of hydrogen-bond acceptors (Lipinski definition) is 8. The largest absolute Gasteiger partial charge is 0.405 e. The number of H-pyrrole nitrogens is 1. The molecule has 1 saturated heterocycles. The molecule has 3 aromatic rings. The van der Waals surface area contributed by atoms with E-state index in [0.29, 0.717) is 40.7 Å². The highest BCUT2D eigenvalue weighted by Crippen LogP contribution is 2.29. The maximum atomic E-state index is 13.1. The molecule has 2 atom stereocenters. The molecule has 5 N–H and O–H groups in total. The third-order valence-corrected chi connectivity index (χ3v) is 7.55. The number of aliphatic hydroxyl groups is 1. The fourth-order valence-corrected chi connectivity index (χ4v) is 5.40. The Morgan fingerprint density at radius 2 is 1.82 bits per heavy atom. The van der Waals surface area contributed by atoms with Gasteiger partial charge in [-0.05, 0) is 75.8 Å². The van der Waals surface area contributed by atoms with Gasteiger partial charge in [0.2, 0.25) is 0 Å². The van der Waals surface area contributed by atoms with Crippen molar-refractivity contribution in [3.63, 3.8) is 0 Å². The number of fused-ring (bicyclic) bond motifs is 2. The number of hydrogen-bond donors (Lipinski definition) is 4. The lowest BCUT2D eigenvalue weighted by molar-refractivity contribution is -0.103. The molecule has 0 aliphatic carbocycles. The fourth-order valence-electron chi connectivity index (χ4n) is 5.40. The molecule has 10 heteroatoms. The summed E-state index contributed by atoms with van der Waals surface area (Å²) >= 11 is 0. The smallest absolute Gasteiger partial charge is 0.261 e. The summed E-state index contributed by atoms with van der Waals surface area (Å²) in [7, 11) is 0. The number of allylic oxidation sites excluding steroid dienone is 2. The summed E-state index contributed by atoms with van der Waals surface area (Å²) in [5.41, 5.74) is 8.57. The number of nitrogens with zero attached hydrogens (tertiary/aromatic N) is 3. The van der Waals surface area contributed by atoms with E-state index < -0.39 is 12.1 Å². The van der Waals surface area contributed by atoms with Crippen LogP contribution in [0.1, 0.15) is 64.4 Å². The number of aromatic nitrogens is 2. The van der Waals surface area contributed by atoms with Gasteiger partial charge in [-0.3, -0.25) is 19.3 Å². The number of nitrogens with one attached hydrogen (secondary N) is 2. The van der Waals surface area contributed by atoms with Crippen molar-refractivity contribution in [2.45, 2.75) is 38.3 Å². The van der Waals surface area contributed by atoms with Gasteiger partial charge in [0.15, 0.2) is 6.29 Å². The lowest BCUT2D eigenvalue weighted by Gasteiger charge is -2.23. The van der Waals surface area contributed by atoms with E-state index in [2.05, 4.69) is 20.2 Å². The van der Waals surface area contributed by atoms with Crippen LogP contribution in [-0.2, 0) is 4.79 Å². The van der Waals surface area contributed by atoms with Crippen LogP contribution in [0.2, 0.25) is 0 Å². The molecule has 2 aromatic carbocycles. The van der Waals surface area contributed by atoms with Gasteiger partial charge in [0, 0.05) is 6.54 Å². The molecule has 208 valence electrons. The molecule has 40 heavy (non-hydrogen) atoms. The van der Waals surface area contributed by atoms with E-state index in [1.807, 2.05) is 30.3 Å². The van der Waals surface area contributed by atoms with Crippen molar-refractivity contribution in [2.24, 2.45) is 5.73 Å². The van der Waals surface area contributed by atoms with E-state index in [1.165, 1.54) is 30.0 Å². The van der Waals surface area contributed by atoms with Gasteiger partial charge in [0.05, 0.1) is 45.6 Å². The number of carbonyl (C=O) groups is 3. The summed E-state index contributed by atoms with van der Waals surface area (Å²) in [5, 5.41) is 14.0. The Hall–Kier alpha value is -4.28. The van der Waals surface area contributed by atoms with Gasteiger partial charge in [-0.25, -0.2) is 4.98 Å². The Labute approximate surface area is 232 Å². The third kappa shape index (κ3) is 5.41. The predicted octanol–water partition coefficient (Wildman–Crippen LogP) is 2.74. The van der Waals surface area contributed by atoms with Crippen LogP contribution in [-0.4, -0.2) is 75.2 Å². The Morgan fingerprint density at radius 3 is 2.50 bits per heavy atom. The van der Waals surface area contributed by atoms with Crippen molar-refractivity contribution >= 4 is 34.7 Å². The minimum atomic E-state index is -0.843. The first-order chi connectivity index (χ1) is 19.4. The summed E-state index contributed by atoms with van der Waals surface area (Å²) in [6.07, 6.45) is 5.75.